The number of allylic oxidation sites excluding steroid dienone is 1. The summed E-state index contributed by atoms with van der Waals surface area (Å²) in [5.41, 5.74) is -2.17. The Labute approximate surface area is 209 Å². The van der Waals surface area contributed by atoms with Gasteiger partial charge < -0.3 is 9.84 Å². The van der Waals surface area contributed by atoms with Crippen LogP contribution in [0, 0.1) is 17.3 Å². The average Bonchev–Trinajstić information content (AvgIpc) is 3.45. The van der Waals surface area contributed by atoms with Crippen molar-refractivity contribution < 1.29 is 24.3 Å². The Hall–Kier alpha value is -2.67. The van der Waals surface area contributed by atoms with Gasteiger partial charge in [0.1, 0.15) is 11.7 Å². The summed E-state index contributed by atoms with van der Waals surface area (Å²) in [5, 5.41) is 14.1. The topological polar surface area (TPSA) is 76.1 Å². The first-order valence-electron chi connectivity index (χ1n) is 12.2. The van der Waals surface area contributed by atoms with Crippen molar-refractivity contribution in [3.63, 3.8) is 0 Å². The zero-order chi connectivity index (χ0) is 24.6. The van der Waals surface area contributed by atoms with E-state index in [1.54, 1.807) is 18.1 Å². The number of esters is 1. The van der Waals surface area contributed by atoms with Crippen molar-refractivity contribution in [1.82, 2.24) is 0 Å². The van der Waals surface area contributed by atoms with Crippen LogP contribution in [0.15, 0.2) is 66.7 Å². The van der Waals surface area contributed by atoms with E-state index in [1.807, 2.05) is 61.5 Å². The standard InChI is InChI=1S/C28H28ClNO5/c1-17-11-12-21-24(26(2)23(31)13-14-28(17,26)33)34-25(32)27(21)16-22(18-7-6-8-19(29)15-18)30(35-27)20-9-4-3-5-10-20/h3-10,13-15,17,21-22,24,33H,11-12,16H2,1-2H3/t17-,21+,22+,24+,26-,27?,28+/m0/s1. The number of hydrogen-bond acceptors (Lipinski definition) is 6. The molecule has 0 bridgehead atoms. The summed E-state index contributed by atoms with van der Waals surface area (Å²) < 4.78 is 6.04. The quantitative estimate of drug-likeness (QED) is 0.605. The number of aliphatic hydroxyl groups is 1. The van der Waals surface area contributed by atoms with Gasteiger partial charge in [-0.1, -0.05) is 48.9 Å². The van der Waals surface area contributed by atoms with Crippen molar-refractivity contribution in [1.29, 1.82) is 0 Å². The first kappa shape index (κ1) is 22.8. The van der Waals surface area contributed by atoms with Crippen molar-refractivity contribution in [2.24, 2.45) is 17.3 Å². The van der Waals surface area contributed by atoms with Crippen molar-refractivity contribution in [2.75, 3.05) is 5.06 Å². The Morgan fingerprint density at radius 3 is 2.60 bits per heavy atom. The van der Waals surface area contributed by atoms with Gasteiger partial charge >= 0.3 is 5.97 Å². The second-order valence-corrected chi connectivity index (χ2v) is 11.0. The summed E-state index contributed by atoms with van der Waals surface area (Å²) in [6.45, 7) is 3.69. The monoisotopic (exact) mass is 493 g/mol. The molecule has 0 radical (unpaired) electrons. The summed E-state index contributed by atoms with van der Waals surface area (Å²) >= 11 is 6.33. The lowest BCUT2D eigenvalue weighted by atomic mass is 9.63. The van der Waals surface area contributed by atoms with Gasteiger partial charge in [0, 0.05) is 17.4 Å². The molecule has 2 heterocycles. The third-order valence-electron chi connectivity index (χ3n) is 8.89. The number of fused-ring (bicyclic) bond motifs is 4. The van der Waals surface area contributed by atoms with Crippen molar-refractivity contribution in [3.05, 3.63) is 77.3 Å². The molecule has 4 aliphatic rings. The maximum Gasteiger partial charge on any atom is 0.342 e. The molecule has 1 saturated carbocycles. The second kappa shape index (κ2) is 7.66. The SMILES string of the molecule is C[C@H]1CC[C@@H]2[C@@H](OC(=O)C23C[C@H](c2cccc(Cl)c2)N(c2ccccc2)O3)[C@]2(C)C(=O)C=C[C@@]12O. The predicted molar refractivity (Wildman–Crippen MR) is 131 cm³/mol. The van der Waals surface area contributed by atoms with Crippen LogP contribution in [-0.4, -0.2) is 34.2 Å². The Balaban J connectivity index is 1.46. The Morgan fingerprint density at radius 1 is 1.09 bits per heavy atom. The van der Waals surface area contributed by atoms with Crippen LogP contribution in [0.5, 0.6) is 0 Å². The molecule has 35 heavy (non-hydrogen) atoms. The van der Waals surface area contributed by atoms with Gasteiger partial charge in [0.2, 0.25) is 5.60 Å². The van der Waals surface area contributed by atoms with Crippen molar-refractivity contribution in [2.45, 2.75) is 56.5 Å². The van der Waals surface area contributed by atoms with Gasteiger partial charge in [0.25, 0.3) is 0 Å². The molecule has 6 nitrogen and oxygen atoms in total. The molecule has 6 rings (SSSR count). The molecule has 0 aromatic heterocycles. The van der Waals surface area contributed by atoms with E-state index in [1.165, 1.54) is 6.08 Å². The minimum Gasteiger partial charge on any atom is -0.459 e. The van der Waals surface area contributed by atoms with Gasteiger partial charge in [-0.3, -0.25) is 9.63 Å². The zero-order valence-electron chi connectivity index (χ0n) is 19.7. The lowest BCUT2D eigenvalue weighted by Gasteiger charge is -2.43. The van der Waals surface area contributed by atoms with Gasteiger partial charge in [-0.05, 0) is 67.7 Å². The molecule has 7 heteroatoms. The first-order valence-corrected chi connectivity index (χ1v) is 12.5. The van der Waals surface area contributed by atoms with Crippen LogP contribution in [0.3, 0.4) is 0 Å². The fraction of sp³-hybridized carbons (Fsp3) is 0.429. The number of hydrogen-bond donors (Lipinski definition) is 1. The Kier molecular flexibility index (Phi) is 4.99. The van der Waals surface area contributed by atoms with Gasteiger partial charge in [-0.15, -0.1) is 0 Å². The number of rotatable bonds is 2. The van der Waals surface area contributed by atoms with Gasteiger partial charge in [-0.2, -0.15) is 0 Å². The van der Waals surface area contributed by atoms with Gasteiger partial charge in [0.15, 0.2) is 5.78 Å². The summed E-state index contributed by atoms with van der Waals surface area (Å²) in [6, 6.07) is 16.9. The lowest BCUT2D eigenvalue weighted by Crippen LogP contribution is -2.57. The molecule has 0 amide bonds. The number of ether oxygens (including phenoxy) is 1. The summed E-state index contributed by atoms with van der Waals surface area (Å²) in [5.74, 6) is -1.25. The number of benzene rings is 2. The Bertz CT molecular complexity index is 1230. The van der Waals surface area contributed by atoms with E-state index >= 15 is 0 Å². The van der Waals surface area contributed by atoms with Crippen LogP contribution >= 0.6 is 11.6 Å². The van der Waals surface area contributed by atoms with Crippen molar-refractivity contribution in [3.8, 4) is 0 Å². The van der Waals surface area contributed by atoms with Crippen LogP contribution in [-0.2, 0) is 19.2 Å². The summed E-state index contributed by atoms with van der Waals surface area (Å²) in [7, 11) is 0. The molecule has 1 unspecified atom stereocenters. The number of hydroxylamine groups is 1. The summed E-state index contributed by atoms with van der Waals surface area (Å²) in [6.07, 6.45) is 3.84. The van der Waals surface area contributed by atoms with Crippen molar-refractivity contribution >= 4 is 29.0 Å². The number of carbonyl (C=O) groups is 2. The van der Waals surface area contributed by atoms with E-state index in [0.717, 1.165) is 11.3 Å². The summed E-state index contributed by atoms with van der Waals surface area (Å²) in [4.78, 5) is 33.5. The number of halogens is 1. The van der Waals surface area contributed by atoms with Gasteiger partial charge in [0.05, 0.1) is 17.1 Å². The highest BCUT2D eigenvalue weighted by atomic mass is 35.5. The Morgan fingerprint density at radius 2 is 1.86 bits per heavy atom. The van der Waals surface area contributed by atoms with E-state index in [2.05, 4.69) is 0 Å². The van der Waals surface area contributed by atoms with E-state index < -0.39 is 34.6 Å². The fourth-order valence-corrected chi connectivity index (χ4v) is 7.00. The van der Waals surface area contributed by atoms with Crippen LogP contribution in [0.25, 0.3) is 0 Å². The number of nitrogens with zero attached hydrogens (tertiary/aromatic N) is 1. The van der Waals surface area contributed by atoms with E-state index in [9.17, 15) is 14.7 Å². The maximum absolute atomic E-state index is 13.7. The maximum atomic E-state index is 13.7. The molecule has 182 valence electrons. The number of anilines is 1. The second-order valence-electron chi connectivity index (χ2n) is 10.6. The molecule has 2 aromatic carbocycles. The highest BCUT2D eigenvalue weighted by Crippen LogP contribution is 2.61. The molecule has 1 spiro atoms. The number of para-hydroxylation sites is 1. The van der Waals surface area contributed by atoms with Crippen LogP contribution in [0.1, 0.15) is 44.7 Å². The average molecular weight is 494 g/mol. The first-order chi connectivity index (χ1) is 16.7. The van der Waals surface area contributed by atoms with E-state index in [4.69, 9.17) is 21.2 Å². The third kappa shape index (κ3) is 2.97. The molecule has 3 fully saturated rings. The zero-order valence-corrected chi connectivity index (χ0v) is 20.4. The van der Waals surface area contributed by atoms with Crippen LogP contribution in [0.2, 0.25) is 5.02 Å². The highest BCUT2D eigenvalue weighted by Gasteiger charge is 2.74. The third-order valence-corrected chi connectivity index (χ3v) is 9.13. The fourth-order valence-electron chi connectivity index (χ4n) is 6.80. The minimum absolute atomic E-state index is 0.174. The molecule has 2 aliphatic heterocycles. The van der Waals surface area contributed by atoms with Crippen LogP contribution < -0.4 is 5.06 Å². The molecule has 7 atom stereocenters. The minimum atomic E-state index is -1.38. The molecule has 1 N–H and O–H groups in total. The molecule has 2 saturated heterocycles. The normalized spacial score (nSPS) is 40.1. The van der Waals surface area contributed by atoms with Gasteiger partial charge in [-0.25, -0.2) is 9.86 Å². The molecular formula is C28H28ClNO5. The molecular weight excluding hydrogens is 466 g/mol. The lowest BCUT2D eigenvalue weighted by molar-refractivity contribution is -0.169. The smallest absolute Gasteiger partial charge is 0.342 e. The molecule has 2 aliphatic carbocycles. The van der Waals surface area contributed by atoms with Crippen LogP contribution in [0.4, 0.5) is 5.69 Å². The molecule has 2 aromatic rings. The highest BCUT2D eigenvalue weighted by molar-refractivity contribution is 6.30. The largest absolute Gasteiger partial charge is 0.459 e. The van der Waals surface area contributed by atoms with E-state index in [0.29, 0.717) is 24.3 Å². The predicted octanol–water partition coefficient (Wildman–Crippen LogP) is 4.81. The van der Waals surface area contributed by atoms with E-state index in [-0.39, 0.29) is 17.7 Å². The number of ketones is 1. The number of carbonyl (C=O) groups excluding carboxylic acids is 2.